The molecular weight excluding hydrogens is 456 g/mol. The predicted molar refractivity (Wildman–Crippen MR) is 131 cm³/mol. The van der Waals surface area contributed by atoms with Gasteiger partial charge in [-0.25, -0.2) is 19.3 Å². The molecule has 0 aliphatic rings. The Balaban J connectivity index is 1.64. The molecule has 2 aromatic carbocycles. The molecule has 34 heavy (non-hydrogen) atoms. The van der Waals surface area contributed by atoms with Crippen molar-refractivity contribution in [1.29, 1.82) is 0 Å². The van der Waals surface area contributed by atoms with Gasteiger partial charge in [0.05, 0.1) is 57.1 Å². The standard InChI is InChI=1S/C25H23F2N5OS/c1-15-25(34-16(2)29-15)17-5-7-19-22(11-17)32(24(33)13-28-19)14-23-30-20-12-18(27)6-8-21(20)31(23)10-4-3-9-26/h5-8,11-13H,3-4,9-10,14H2,1-2H3. The highest BCUT2D eigenvalue weighted by Crippen LogP contribution is 2.31. The van der Waals surface area contributed by atoms with Crippen LogP contribution >= 0.6 is 11.3 Å². The lowest BCUT2D eigenvalue weighted by Gasteiger charge is -2.13. The quantitative estimate of drug-likeness (QED) is 0.292. The van der Waals surface area contributed by atoms with E-state index in [1.807, 2.05) is 36.6 Å². The molecule has 0 atom stereocenters. The first-order valence-electron chi connectivity index (χ1n) is 11.1. The number of rotatable bonds is 7. The molecule has 0 unspecified atom stereocenters. The lowest BCUT2D eigenvalue weighted by molar-refractivity contribution is 0.446. The number of unbranched alkanes of at least 4 members (excludes halogenated alkanes) is 1. The highest BCUT2D eigenvalue weighted by molar-refractivity contribution is 7.15. The Bertz CT molecular complexity index is 1570. The first kappa shape index (κ1) is 22.3. The molecule has 0 aliphatic heterocycles. The molecular formula is C25H23F2N5OS. The maximum atomic E-state index is 13.9. The summed E-state index contributed by atoms with van der Waals surface area (Å²) in [6.45, 7) is 4.26. The van der Waals surface area contributed by atoms with Crippen molar-refractivity contribution in [2.75, 3.05) is 6.67 Å². The molecule has 5 rings (SSSR count). The topological polar surface area (TPSA) is 65.6 Å². The third-order valence-corrected chi connectivity index (χ3v) is 6.99. The lowest BCUT2D eigenvalue weighted by atomic mass is 10.1. The molecule has 0 saturated carbocycles. The zero-order valence-electron chi connectivity index (χ0n) is 18.9. The van der Waals surface area contributed by atoms with E-state index in [0.717, 1.165) is 26.7 Å². The maximum absolute atomic E-state index is 13.9. The number of alkyl halides is 1. The number of hydrogen-bond acceptors (Lipinski definition) is 5. The smallest absolute Gasteiger partial charge is 0.269 e. The minimum absolute atomic E-state index is 0.188. The summed E-state index contributed by atoms with van der Waals surface area (Å²) in [7, 11) is 0. The van der Waals surface area contributed by atoms with Crippen LogP contribution in [0.5, 0.6) is 0 Å². The summed E-state index contributed by atoms with van der Waals surface area (Å²) < 4.78 is 30.2. The number of fused-ring (bicyclic) bond motifs is 2. The summed E-state index contributed by atoms with van der Waals surface area (Å²) in [6, 6.07) is 10.3. The molecule has 9 heteroatoms. The first-order chi connectivity index (χ1) is 16.4. The van der Waals surface area contributed by atoms with Crippen LogP contribution in [0.25, 0.3) is 32.5 Å². The Kier molecular flexibility index (Phi) is 5.95. The van der Waals surface area contributed by atoms with Gasteiger partial charge in [-0.05, 0) is 56.5 Å². The SMILES string of the molecule is Cc1nc(C)c(-c2ccc3ncc(=O)n(Cc4nc5cc(F)ccc5n4CCCCF)c3c2)s1. The minimum atomic E-state index is -0.399. The zero-order valence-corrected chi connectivity index (χ0v) is 19.7. The Morgan fingerprint density at radius 1 is 0.971 bits per heavy atom. The predicted octanol–water partition coefficient (Wildman–Crippen LogP) is 5.42. The average Bonchev–Trinajstić information content (AvgIpc) is 3.33. The van der Waals surface area contributed by atoms with E-state index in [1.54, 1.807) is 22.0 Å². The van der Waals surface area contributed by atoms with Crippen LogP contribution < -0.4 is 5.56 Å². The fourth-order valence-corrected chi connectivity index (χ4v) is 5.21. The van der Waals surface area contributed by atoms with E-state index in [9.17, 15) is 13.6 Å². The second-order valence-electron chi connectivity index (χ2n) is 8.24. The number of aryl methyl sites for hydroxylation is 3. The zero-order chi connectivity index (χ0) is 23.8. The van der Waals surface area contributed by atoms with E-state index < -0.39 is 6.67 Å². The van der Waals surface area contributed by atoms with E-state index in [0.29, 0.717) is 41.8 Å². The van der Waals surface area contributed by atoms with E-state index in [4.69, 9.17) is 0 Å². The third kappa shape index (κ3) is 4.11. The molecule has 174 valence electrons. The normalized spacial score (nSPS) is 11.6. The van der Waals surface area contributed by atoms with Gasteiger partial charge in [-0.1, -0.05) is 6.07 Å². The van der Waals surface area contributed by atoms with Crippen molar-refractivity contribution in [3.63, 3.8) is 0 Å². The highest BCUT2D eigenvalue weighted by atomic mass is 32.1. The van der Waals surface area contributed by atoms with Crippen LogP contribution in [-0.4, -0.2) is 30.8 Å². The van der Waals surface area contributed by atoms with Crippen LogP contribution in [0.1, 0.15) is 29.4 Å². The summed E-state index contributed by atoms with van der Waals surface area (Å²) in [6.07, 6.45) is 2.35. The Morgan fingerprint density at radius 2 is 1.82 bits per heavy atom. The van der Waals surface area contributed by atoms with Crippen LogP contribution in [0, 0.1) is 19.7 Å². The van der Waals surface area contributed by atoms with Gasteiger partial charge in [0, 0.05) is 12.6 Å². The molecule has 0 saturated heterocycles. The largest absolute Gasteiger partial charge is 0.326 e. The molecule has 0 amide bonds. The van der Waals surface area contributed by atoms with Crippen LogP contribution in [0.3, 0.4) is 0 Å². The van der Waals surface area contributed by atoms with E-state index in [2.05, 4.69) is 15.0 Å². The van der Waals surface area contributed by atoms with Crippen molar-refractivity contribution in [3.8, 4) is 10.4 Å². The Morgan fingerprint density at radius 3 is 2.59 bits per heavy atom. The number of thiazole rings is 1. The molecule has 6 nitrogen and oxygen atoms in total. The van der Waals surface area contributed by atoms with Crippen molar-refractivity contribution >= 4 is 33.4 Å². The number of aromatic nitrogens is 5. The number of nitrogens with zero attached hydrogens (tertiary/aromatic N) is 5. The summed E-state index contributed by atoms with van der Waals surface area (Å²) in [4.78, 5) is 27.5. The van der Waals surface area contributed by atoms with Gasteiger partial charge < -0.3 is 4.57 Å². The molecule has 0 fully saturated rings. The van der Waals surface area contributed by atoms with Crippen LogP contribution in [-0.2, 0) is 13.1 Å². The Hall–Kier alpha value is -3.46. The number of imidazole rings is 1. The second kappa shape index (κ2) is 9.06. The molecule has 0 N–H and O–H groups in total. The van der Waals surface area contributed by atoms with Gasteiger partial charge in [0.2, 0.25) is 0 Å². The van der Waals surface area contributed by atoms with Gasteiger partial charge >= 0.3 is 0 Å². The third-order valence-electron chi connectivity index (χ3n) is 5.87. The maximum Gasteiger partial charge on any atom is 0.269 e. The van der Waals surface area contributed by atoms with Gasteiger partial charge in [-0.2, -0.15) is 0 Å². The molecule has 0 aliphatic carbocycles. The van der Waals surface area contributed by atoms with Gasteiger partial charge in [0.25, 0.3) is 5.56 Å². The van der Waals surface area contributed by atoms with E-state index in [-0.39, 0.29) is 17.9 Å². The van der Waals surface area contributed by atoms with Gasteiger partial charge in [0.15, 0.2) is 0 Å². The molecule has 0 radical (unpaired) electrons. The fourth-order valence-electron chi connectivity index (χ4n) is 4.29. The second-order valence-corrected chi connectivity index (χ2v) is 9.45. The van der Waals surface area contributed by atoms with Crippen LogP contribution in [0.4, 0.5) is 8.78 Å². The average molecular weight is 480 g/mol. The van der Waals surface area contributed by atoms with E-state index >= 15 is 0 Å². The van der Waals surface area contributed by atoms with Gasteiger partial charge in [-0.15, -0.1) is 11.3 Å². The summed E-state index contributed by atoms with van der Waals surface area (Å²) >= 11 is 1.61. The molecule has 0 spiro atoms. The van der Waals surface area contributed by atoms with Gasteiger partial charge in [-0.3, -0.25) is 13.8 Å². The van der Waals surface area contributed by atoms with Gasteiger partial charge in [0.1, 0.15) is 11.6 Å². The molecule has 0 bridgehead atoms. The summed E-state index contributed by atoms with van der Waals surface area (Å²) in [5.41, 5.74) is 4.30. The van der Waals surface area contributed by atoms with Crippen molar-refractivity contribution in [1.82, 2.24) is 24.1 Å². The van der Waals surface area contributed by atoms with E-state index in [1.165, 1.54) is 18.3 Å². The molecule has 5 aromatic rings. The molecule has 3 heterocycles. The summed E-state index contributed by atoms with van der Waals surface area (Å²) in [5, 5.41) is 0.977. The summed E-state index contributed by atoms with van der Waals surface area (Å²) in [5.74, 6) is 0.239. The fraction of sp³-hybridized carbons (Fsp3) is 0.280. The first-order valence-corrected chi connectivity index (χ1v) is 11.9. The number of halogens is 2. The molecule has 3 aromatic heterocycles. The van der Waals surface area contributed by atoms with Crippen molar-refractivity contribution in [3.05, 3.63) is 75.3 Å². The van der Waals surface area contributed by atoms with Crippen LogP contribution in [0.2, 0.25) is 0 Å². The number of hydrogen-bond donors (Lipinski definition) is 0. The van der Waals surface area contributed by atoms with Crippen molar-refractivity contribution in [2.45, 2.75) is 39.8 Å². The van der Waals surface area contributed by atoms with Crippen molar-refractivity contribution in [2.24, 2.45) is 0 Å². The van der Waals surface area contributed by atoms with Crippen LogP contribution in [0.15, 0.2) is 47.4 Å². The highest BCUT2D eigenvalue weighted by Gasteiger charge is 2.16. The Labute approximate surface area is 198 Å². The monoisotopic (exact) mass is 479 g/mol. The van der Waals surface area contributed by atoms with Crippen molar-refractivity contribution < 1.29 is 8.78 Å². The lowest BCUT2D eigenvalue weighted by Crippen LogP contribution is -2.23. The number of benzene rings is 2. The minimum Gasteiger partial charge on any atom is -0.326 e.